The van der Waals surface area contributed by atoms with E-state index in [-0.39, 0.29) is 6.61 Å². The molecule has 0 aromatic carbocycles. The minimum Gasteiger partial charge on any atom is -0.394 e. The average Bonchev–Trinajstić information content (AvgIpc) is 2.69. The first-order valence-corrected chi connectivity index (χ1v) is 8.43. The van der Waals surface area contributed by atoms with Crippen LogP contribution < -0.4 is 0 Å². The van der Waals surface area contributed by atoms with E-state index in [1.54, 1.807) is 0 Å². The third-order valence-electron chi connectivity index (χ3n) is 3.47. The minimum atomic E-state index is -1.67. The topological polar surface area (TPSA) is 232 Å². The smallest absolute Gasteiger partial charge is 0.111 e. The van der Waals surface area contributed by atoms with Crippen LogP contribution in [-0.2, 0) is 4.74 Å². The van der Waals surface area contributed by atoms with Gasteiger partial charge in [-0.3, -0.25) is 0 Å². The highest BCUT2D eigenvalue weighted by atomic mass is 16.5. The summed E-state index contributed by atoms with van der Waals surface area (Å²) in [6.45, 7) is 0.0906. The summed E-state index contributed by atoms with van der Waals surface area (Å²) in [4.78, 5) is 0. The molecule has 27 heavy (non-hydrogen) atoms. The van der Waals surface area contributed by atoms with Gasteiger partial charge in [0, 0.05) is 6.61 Å². The van der Waals surface area contributed by atoms with E-state index >= 15 is 0 Å². The predicted octanol–water partition coefficient (Wildman–Crippen LogP) is -5.74. The summed E-state index contributed by atoms with van der Waals surface area (Å²) in [6, 6.07) is 0. The van der Waals surface area contributed by atoms with Gasteiger partial charge >= 0.3 is 0 Å². The molecule has 0 spiro atoms. The van der Waals surface area contributed by atoms with Crippen LogP contribution in [0.3, 0.4) is 0 Å². The zero-order chi connectivity index (χ0) is 21.6. The van der Waals surface area contributed by atoms with Crippen molar-refractivity contribution in [2.45, 2.75) is 62.2 Å². The lowest BCUT2D eigenvalue weighted by Crippen LogP contribution is -2.47. The molecule has 0 saturated heterocycles. The van der Waals surface area contributed by atoms with Crippen molar-refractivity contribution in [1.29, 1.82) is 0 Å². The molecule has 0 saturated carbocycles. The maximum absolute atomic E-state index is 9.34. The Balaban J connectivity index is 0. The lowest BCUT2D eigenvalue weighted by Gasteiger charge is -2.25. The van der Waals surface area contributed by atoms with Crippen LogP contribution >= 0.6 is 0 Å². The van der Waals surface area contributed by atoms with Crippen LogP contribution in [0.25, 0.3) is 0 Å². The molecule has 0 aliphatic carbocycles. The summed E-state index contributed by atoms with van der Waals surface area (Å²) in [5.41, 5.74) is 0. The van der Waals surface area contributed by atoms with Crippen molar-refractivity contribution in [2.75, 3.05) is 33.0 Å². The molecule has 0 heterocycles. The van der Waals surface area contributed by atoms with Gasteiger partial charge in [0.05, 0.1) is 26.4 Å². The van der Waals surface area contributed by atoms with Crippen LogP contribution in [0.5, 0.6) is 0 Å². The third-order valence-corrected chi connectivity index (χ3v) is 3.47. The van der Waals surface area contributed by atoms with Crippen molar-refractivity contribution in [3.8, 4) is 0 Å². The molecule has 12 nitrogen and oxygen atoms in total. The van der Waals surface area contributed by atoms with Gasteiger partial charge in [-0.2, -0.15) is 0 Å². The number of ether oxygens (including phenoxy) is 1. The van der Waals surface area contributed by atoms with Crippen molar-refractivity contribution in [2.24, 2.45) is 0 Å². The fourth-order valence-corrected chi connectivity index (χ4v) is 1.68. The Morgan fingerprint density at radius 2 is 0.852 bits per heavy atom. The monoisotopic (exact) mass is 406 g/mol. The van der Waals surface area contributed by atoms with Gasteiger partial charge in [0.1, 0.15) is 48.8 Å². The van der Waals surface area contributed by atoms with E-state index in [0.717, 1.165) is 6.42 Å². The Kier molecular flexibility index (Phi) is 17.5. The summed E-state index contributed by atoms with van der Waals surface area (Å²) in [6.07, 6.45) is -11.5. The van der Waals surface area contributed by atoms with Crippen molar-refractivity contribution < 1.29 is 60.9 Å². The molecule has 12 heteroatoms. The molecule has 0 aliphatic heterocycles. The Labute approximate surface area is 157 Å². The SMILES string of the molecule is CCCOCC(O)C(O)C(O)C(O)CO.OCC(O)C(O)C(O)C(O)CO. The molecule has 0 bridgehead atoms. The molecule has 11 N–H and O–H groups in total. The average molecular weight is 406 g/mol. The number of rotatable bonds is 13. The van der Waals surface area contributed by atoms with Gasteiger partial charge in [-0.05, 0) is 6.42 Å². The molecule has 0 fully saturated rings. The van der Waals surface area contributed by atoms with Crippen molar-refractivity contribution in [3.05, 3.63) is 0 Å². The Morgan fingerprint density at radius 3 is 1.11 bits per heavy atom. The van der Waals surface area contributed by atoms with E-state index in [2.05, 4.69) is 0 Å². The summed E-state index contributed by atoms with van der Waals surface area (Å²) in [7, 11) is 0. The van der Waals surface area contributed by atoms with Gasteiger partial charge in [0.2, 0.25) is 0 Å². The van der Waals surface area contributed by atoms with Crippen LogP contribution in [0.4, 0.5) is 0 Å². The van der Waals surface area contributed by atoms with Gasteiger partial charge in [-0.25, -0.2) is 0 Å². The maximum Gasteiger partial charge on any atom is 0.111 e. The molecule has 0 aromatic rings. The maximum atomic E-state index is 9.34. The Morgan fingerprint density at radius 1 is 0.556 bits per heavy atom. The van der Waals surface area contributed by atoms with Crippen LogP contribution in [-0.4, -0.2) is 138 Å². The van der Waals surface area contributed by atoms with Gasteiger partial charge < -0.3 is 60.9 Å². The number of aliphatic hydroxyl groups excluding tert-OH is 11. The van der Waals surface area contributed by atoms with Crippen LogP contribution in [0, 0.1) is 0 Å². The number of aliphatic hydroxyl groups is 11. The van der Waals surface area contributed by atoms with E-state index in [0.29, 0.717) is 6.61 Å². The fraction of sp³-hybridized carbons (Fsp3) is 1.00. The van der Waals surface area contributed by atoms with Crippen molar-refractivity contribution >= 4 is 0 Å². The first-order chi connectivity index (χ1) is 12.6. The van der Waals surface area contributed by atoms with E-state index in [1.807, 2.05) is 6.92 Å². The molecule has 0 radical (unpaired) electrons. The summed E-state index contributed by atoms with van der Waals surface area (Å²) in [5.74, 6) is 0. The van der Waals surface area contributed by atoms with Crippen LogP contribution in [0.15, 0.2) is 0 Å². The normalized spacial score (nSPS) is 20.4. The van der Waals surface area contributed by atoms with Gasteiger partial charge in [0.15, 0.2) is 0 Å². The number of hydrogen-bond acceptors (Lipinski definition) is 12. The first-order valence-electron chi connectivity index (χ1n) is 8.43. The van der Waals surface area contributed by atoms with Crippen LogP contribution in [0.2, 0.25) is 0 Å². The van der Waals surface area contributed by atoms with Crippen LogP contribution in [0.1, 0.15) is 13.3 Å². The summed E-state index contributed by atoms with van der Waals surface area (Å²) >= 11 is 0. The highest BCUT2D eigenvalue weighted by Gasteiger charge is 2.30. The van der Waals surface area contributed by atoms with Gasteiger partial charge in [-0.15, -0.1) is 0 Å². The Bertz CT molecular complexity index is 320. The number of hydrogen-bond donors (Lipinski definition) is 11. The second-order valence-corrected chi connectivity index (χ2v) is 5.85. The molecule has 8 atom stereocenters. The van der Waals surface area contributed by atoms with E-state index in [9.17, 15) is 15.3 Å². The Hall–Kier alpha value is -0.480. The molecular formula is C15H34O12. The minimum absolute atomic E-state index is 0.121. The quantitative estimate of drug-likeness (QED) is 0.128. The lowest BCUT2D eigenvalue weighted by atomic mass is 10.0. The standard InChI is InChI=1S/C9H20O6.C6H14O6/c1-2-3-15-5-7(12)9(14)8(13)6(11)4-10;7-1-3(9)5(11)6(12)4(10)2-8/h6-14H,2-5H2,1H3;3-12H,1-2H2. The zero-order valence-corrected chi connectivity index (χ0v) is 15.2. The van der Waals surface area contributed by atoms with E-state index in [4.69, 9.17) is 45.6 Å². The second-order valence-electron chi connectivity index (χ2n) is 5.85. The second kappa shape index (κ2) is 16.5. The highest BCUT2D eigenvalue weighted by molar-refractivity contribution is 4.80. The lowest BCUT2D eigenvalue weighted by molar-refractivity contribution is -0.129. The predicted molar refractivity (Wildman–Crippen MR) is 90.4 cm³/mol. The zero-order valence-electron chi connectivity index (χ0n) is 15.2. The van der Waals surface area contributed by atoms with Crippen molar-refractivity contribution in [1.82, 2.24) is 0 Å². The highest BCUT2D eigenvalue weighted by Crippen LogP contribution is 2.06. The molecule has 8 unspecified atom stereocenters. The van der Waals surface area contributed by atoms with Crippen molar-refractivity contribution in [3.63, 3.8) is 0 Å². The van der Waals surface area contributed by atoms with E-state index in [1.165, 1.54) is 0 Å². The summed E-state index contributed by atoms with van der Waals surface area (Å²) in [5, 5.41) is 97.6. The van der Waals surface area contributed by atoms with Gasteiger partial charge in [-0.1, -0.05) is 6.92 Å². The molecule has 0 rings (SSSR count). The third kappa shape index (κ3) is 11.8. The molecule has 166 valence electrons. The van der Waals surface area contributed by atoms with E-state index < -0.39 is 68.7 Å². The first kappa shape index (κ1) is 28.7. The molecular weight excluding hydrogens is 372 g/mol. The van der Waals surface area contributed by atoms with Gasteiger partial charge in [0.25, 0.3) is 0 Å². The summed E-state index contributed by atoms with van der Waals surface area (Å²) < 4.78 is 4.96. The molecule has 0 amide bonds. The molecule has 0 aromatic heterocycles. The molecule has 0 aliphatic rings. The fourth-order valence-electron chi connectivity index (χ4n) is 1.68. The largest absolute Gasteiger partial charge is 0.394 e.